The second-order valence-electron chi connectivity index (χ2n) is 16.0. The molecule has 0 bridgehead atoms. The molecule has 0 N–H and O–H groups in total. The zero-order valence-electron chi connectivity index (χ0n) is 33.7. The minimum atomic E-state index is 0.499. The van der Waals surface area contributed by atoms with Crippen LogP contribution in [0.15, 0.2) is 215 Å². The van der Waals surface area contributed by atoms with Gasteiger partial charge in [0.1, 0.15) is 22.3 Å². The first kappa shape index (κ1) is 35.2. The van der Waals surface area contributed by atoms with Gasteiger partial charge < -0.3 is 8.83 Å². The van der Waals surface area contributed by atoms with Crippen molar-refractivity contribution in [3.63, 3.8) is 0 Å². The normalized spacial score (nSPS) is 11.8. The van der Waals surface area contributed by atoms with E-state index in [2.05, 4.69) is 174 Å². The highest BCUT2D eigenvalue weighted by Gasteiger charge is 2.23. The summed E-state index contributed by atoms with van der Waals surface area (Å²) in [6, 6.07) is 71.5. The third kappa shape index (κ3) is 5.69. The summed E-state index contributed by atoms with van der Waals surface area (Å²) in [5, 5.41) is 6.33. The molecule has 0 spiro atoms. The number of aromatic nitrogens is 4. The molecule has 0 radical (unpaired) electrons. The van der Waals surface area contributed by atoms with Gasteiger partial charge in [0.2, 0.25) is 5.95 Å². The van der Waals surface area contributed by atoms with Gasteiger partial charge in [0.05, 0.1) is 16.4 Å². The van der Waals surface area contributed by atoms with Gasteiger partial charge in [-0.3, -0.25) is 4.57 Å². The Bertz CT molecular complexity index is 3850. The van der Waals surface area contributed by atoms with Crippen LogP contribution in [0.2, 0.25) is 0 Å². The molecular weight excluding hydrogens is 773 g/mol. The van der Waals surface area contributed by atoms with Crippen molar-refractivity contribution in [2.24, 2.45) is 0 Å². The van der Waals surface area contributed by atoms with Crippen molar-refractivity contribution in [1.82, 2.24) is 19.5 Å². The summed E-state index contributed by atoms with van der Waals surface area (Å²) < 4.78 is 15.4. The molecule has 0 aliphatic heterocycles. The van der Waals surface area contributed by atoms with E-state index in [1.54, 1.807) is 0 Å². The van der Waals surface area contributed by atoms with E-state index in [4.69, 9.17) is 23.8 Å². The highest BCUT2D eigenvalue weighted by molar-refractivity contribution is 6.23. The van der Waals surface area contributed by atoms with Crippen LogP contribution >= 0.6 is 0 Å². The lowest BCUT2D eigenvalue weighted by atomic mass is 9.96. The number of rotatable bonds is 6. The van der Waals surface area contributed by atoms with E-state index in [0.717, 1.165) is 110 Å². The van der Waals surface area contributed by atoms with Gasteiger partial charge in [-0.25, -0.2) is 4.98 Å². The molecule has 63 heavy (non-hydrogen) atoms. The minimum absolute atomic E-state index is 0.499. The molecule has 4 aromatic heterocycles. The Hall–Kier alpha value is -8.61. The highest BCUT2D eigenvalue weighted by Crippen LogP contribution is 2.42. The lowest BCUT2D eigenvalue weighted by Gasteiger charge is -2.13. The predicted molar refractivity (Wildman–Crippen MR) is 256 cm³/mol. The summed E-state index contributed by atoms with van der Waals surface area (Å²) in [4.78, 5) is 16.1. The van der Waals surface area contributed by atoms with Crippen molar-refractivity contribution < 1.29 is 8.83 Å². The summed E-state index contributed by atoms with van der Waals surface area (Å²) in [7, 11) is 0. The third-order valence-corrected chi connectivity index (χ3v) is 12.2. The van der Waals surface area contributed by atoms with Gasteiger partial charge in [-0.05, 0) is 94.0 Å². The molecule has 13 aromatic rings. The second-order valence-corrected chi connectivity index (χ2v) is 16.0. The molecule has 0 saturated heterocycles. The van der Waals surface area contributed by atoms with Crippen molar-refractivity contribution in [2.45, 2.75) is 0 Å². The zero-order chi connectivity index (χ0) is 41.4. The number of benzene rings is 9. The molecule has 0 aliphatic rings. The van der Waals surface area contributed by atoms with Gasteiger partial charge in [-0.1, -0.05) is 146 Å². The maximum Gasteiger partial charge on any atom is 0.238 e. The van der Waals surface area contributed by atoms with Crippen LogP contribution in [0.1, 0.15) is 0 Å². The smallest absolute Gasteiger partial charge is 0.238 e. The fraction of sp³-hybridized carbons (Fsp3) is 0. The number of hydrogen-bond donors (Lipinski definition) is 0. The van der Waals surface area contributed by atoms with E-state index < -0.39 is 0 Å². The van der Waals surface area contributed by atoms with Crippen LogP contribution in [0.25, 0.3) is 128 Å². The van der Waals surface area contributed by atoms with Gasteiger partial charge in [-0.2, -0.15) is 9.97 Å². The van der Waals surface area contributed by atoms with Crippen molar-refractivity contribution in [3.8, 4) is 62.1 Å². The summed E-state index contributed by atoms with van der Waals surface area (Å²) in [5.41, 5.74) is 13.5. The van der Waals surface area contributed by atoms with Gasteiger partial charge in [0.15, 0.2) is 11.6 Å². The average Bonchev–Trinajstić information content (AvgIpc) is 4.04. The van der Waals surface area contributed by atoms with Crippen molar-refractivity contribution >= 4 is 65.7 Å². The number of para-hydroxylation sites is 2. The van der Waals surface area contributed by atoms with Gasteiger partial charge in [0.25, 0.3) is 0 Å². The monoisotopic (exact) mass is 806 g/mol. The number of fused-ring (bicyclic) bond motifs is 10. The first-order valence-electron chi connectivity index (χ1n) is 21.1. The molecular formula is C57H34N4O2. The molecule has 0 aliphatic carbocycles. The Morgan fingerprint density at radius 2 is 0.921 bits per heavy atom. The number of furan rings is 2. The van der Waals surface area contributed by atoms with Crippen molar-refractivity contribution in [2.75, 3.05) is 0 Å². The van der Waals surface area contributed by atoms with Crippen LogP contribution in [0.5, 0.6) is 0 Å². The summed E-state index contributed by atoms with van der Waals surface area (Å²) in [6.45, 7) is 0. The van der Waals surface area contributed by atoms with Crippen molar-refractivity contribution in [1.29, 1.82) is 0 Å². The summed E-state index contributed by atoms with van der Waals surface area (Å²) in [5.74, 6) is 1.58. The summed E-state index contributed by atoms with van der Waals surface area (Å²) >= 11 is 0. The maximum atomic E-state index is 6.65. The molecule has 6 nitrogen and oxygen atoms in total. The van der Waals surface area contributed by atoms with E-state index in [0.29, 0.717) is 17.6 Å². The third-order valence-electron chi connectivity index (χ3n) is 12.2. The van der Waals surface area contributed by atoms with Crippen LogP contribution in [-0.2, 0) is 0 Å². The molecule has 0 unspecified atom stereocenters. The fourth-order valence-electron chi connectivity index (χ4n) is 9.35. The average molecular weight is 807 g/mol. The Labute approximate surface area is 361 Å². The Morgan fingerprint density at radius 3 is 1.67 bits per heavy atom. The molecule has 0 fully saturated rings. The number of nitrogens with zero attached hydrogens (tertiary/aromatic N) is 4. The molecule has 9 aromatic carbocycles. The highest BCUT2D eigenvalue weighted by atomic mass is 16.3. The first-order valence-corrected chi connectivity index (χ1v) is 21.1. The van der Waals surface area contributed by atoms with E-state index in [9.17, 15) is 0 Å². The fourth-order valence-corrected chi connectivity index (χ4v) is 9.35. The number of hydrogen-bond acceptors (Lipinski definition) is 5. The molecule has 294 valence electrons. The molecule has 6 heteroatoms. The topological polar surface area (TPSA) is 69.9 Å². The minimum Gasteiger partial charge on any atom is -0.456 e. The predicted octanol–water partition coefficient (Wildman–Crippen LogP) is 15.1. The lowest BCUT2D eigenvalue weighted by molar-refractivity contribution is 0.669. The first-order chi connectivity index (χ1) is 31.2. The van der Waals surface area contributed by atoms with E-state index in [1.165, 1.54) is 0 Å². The molecule has 0 saturated carbocycles. The Morgan fingerprint density at radius 1 is 0.317 bits per heavy atom. The Balaban J connectivity index is 1.08. The van der Waals surface area contributed by atoms with E-state index in [1.807, 2.05) is 36.4 Å². The molecule has 0 amide bonds. The standard InChI is InChI=1S/C57H34N4O2/c1-4-15-35(16-5-1)39-31-40(36-17-6-2-7-18-36)33-41(32-39)56-58-55(38-27-28-46-51(34-38)62-50-26-14-23-42(52(46)50)37-19-8-3-9-20-37)59-57(60-56)61-47-24-12-10-22-45(47)53-48(61)30-29-44-43-21-11-13-25-49(43)63-54(44)53/h1-34H. The van der Waals surface area contributed by atoms with E-state index >= 15 is 0 Å². The summed E-state index contributed by atoms with van der Waals surface area (Å²) in [6.07, 6.45) is 0. The van der Waals surface area contributed by atoms with Gasteiger partial charge in [-0.15, -0.1) is 0 Å². The largest absolute Gasteiger partial charge is 0.456 e. The van der Waals surface area contributed by atoms with Crippen LogP contribution < -0.4 is 0 Å². The van der Waals surface area contributed by atoms with Crippen LogP contribution in [0, 0.1) is 0 Å². The molecule has 0 atom stereocenters. The SMILES string of the molecule is c1ccc(-c2cc(-c3ccccc3)cc(-c3nc(-c4ccc5c(c4)oc4cccc(-c6ccccc6)c45)nc(-n4c5ccccc5c5c6oc7ccccc7c6ccc54)n3)c2)cc1. The lowest BCUT2D eigenvalue weighted by Crippen LogP contribution is -2.06. The van der Waals surface area contributed by atoms with Crippen LogP contribution in [0.4, 0.5) is 0 Å². The van der Waals surface area contributed by atoms with Crippen LogP contribution in [0.3, 0.4) is 0 Å². The quantitative estimate of drug-likeness (QED) is 0.167. The zero-order valence-corrected chi connectivity index (χ0v) is 33.7. The van der Waals surface area contributed by atoms with Crippen molar-refractivity contribution in [3.05, 3.63) is 206 Å². The molecule has 4 heterocycles. The van der Waals surface area contributed by atoms with Gasteiger partial charge >= 0.3 is 0 Å². The molecule has 13 rings (SSSR count). The second kappa shape index (κ2) is 14.0. The van der Waals surface area contributed by atoms with E-state index in [-0.39, 0.29) is 0 Å². The van der Waals surface area contributed by atoms with Gasteiger partial charge in [0, 0.05) is 38.1 Å². The Kier molecular flexibility index (Phi) is 7.80. The van der Waals surface area contributed by atoms with Crippen LogP contribution in [-0.4, -0.2) is 19.5 Å². The maximum absolute atomic E-state index is 6.65.